The molecule has 1 unspecified atom stereocenters. The minimum atomic E-state index is -0.817. The normalized spacial score (nSPS) is 18.7. The summed E-state index contributed by atoms with van der Waals surface area (Å²) in [7, 11) is -0.817. The first-order valence-corrected chi connectivity index (χ1v) is 4.73. The third kappa shape index (κ3) is 1.55. The monoisotopic (exact) mass is 186 g/mol. The van der Waals surface area contributed by atoms with Crippen LogP contribution in [0.2, 0.25) is 0 Å². The summed E-state index contributed by atoms with van der Waals surface area (Å²) in [4.78, 5) is 0. The standard InChI is InChI=1S/C11H11BO2/c1-2-3-8-11-9-6-4-5-7-10(9)12(13)14-11/h4-7,11,13H,2H2,1H3. The molecule has 70 valence electrons. The van der Waals surface area contributed by atoms with Gasteiger partial charge in [-0.2, -0.15) is 0 Å². The highest BCUT2D eigenvalue weighted by Crippen LogP contribution is 2.21. The Hall–Kier alpha value is -1.24. The van der Waals surface area contributed by atoms with Crippen molar-refractivity contribution in [2.45, 2.75) is 19.4 Å². The first kappa shape index (κ1) is 9.33. The maximum atomic E-state index is 9.56. The molecule has 0 aliphatic carbocycles. The van der Waals surface area contributed by atoms with Crippen molar-refractivity contribution in [1.82, 2.24) is 0 Å². The molecule has 2 rings (SSSR count). The molecule has 0 saturated carbocycles. The number of benzene rings is 1. The second kappa shape index (κ2) is 3.87. The highest BCUT2D eigenvalue weighted by Gasteiger charge is 2.33. The number of hydrogen-bond donors (Lipinski definition) is 1. The highest BCUT2D eigenvalue weighted by atomic mass is 16.5. The van der Waals surface area contributed by atoms with Gasteiger partial charge in [0.15, 0.2) is 0 Å². The zero-order valence-electron chi connectivity index (χ0n) is 8.03. The van der Waals surface area contributed by atoms with E-state index in [1.54, 1.807) is 0 Å². The van der Waals surface area contributed by atoms with Gasteiger partial charge in [-0.15, -0.1) is 5.92 Å². The third-order valence-electron chi connectivity index (χ3n) is 2.22. The summed E-state index contributed by atoms with van der Waals surface area (Å²) in [5.74, 6) is 5.95. The van der Waals surface area contributed by atoms with E-state index in [-0.39, 0.29) is 6.10 Å². The van der Waals surface area contributed by atoms with Gasteiger partial charge < -0.3 is 9.68 Å². The Morgan fingerprint density at radius 2 is 2.29 bits per heavy atom. The molecule has 0 amide bonds. The van der Waals surface area contributed by atoms with Crippen molar-refractivity contribution < 1.29 is 9.68 Å². The van der Waals surface area contributed by atoms with Crippen LogP contribution < -0.4 is 5.46 Å². The Kier molecular flexibility index (Phi) is 2.58. The Labute approximate surface area is 84.0 Å². The van der Waals surface area contributed by atoms with Crippen molar-refractivity contribution >= 4 is 12.6 Å². The van der Waals surface area contributed by atoms with Gasteiger partial charge in [0.05, 0.1) is 0 Å². The molecule has 0 fully saturated rings. The average molecular weight is 186 g/mol. The van der Waals surface area contributed by atoms with Crippen molar-refractivity contribution in [2.24, 2.45) is 0 Å². The van der Waals surface area contributed by atoms with Crippen LogP contribution in [0.3, 0.4) is 0 Å². The van der Waals surface area contributed by atoms with Crippen LogP contribution in [-0.4, -0.2) is 12.1 Å². The van der Waals surface area contributed by atoms with Crippen LogP contribution in [0.4, 0.5) is 0 Å². The van der Waals surface area contributed by atoms with Crippen molar-refractivity contribution in [3.8, 4) is 11.8 Å². The van der Waals surface area contributed by atoms with Crippen LogP contribution in [0.15, 0.2) is 24.3 Å². The molecule has 0 spiro atoms. The smallest absolute Gasteiger partial charge is 0.423 e. The van der Waals surface area contributed by atoms with Gasteiger partial charge in [0.25, 0.3) is 0 Å². The second-order valence-electron chi connectivity index (χ2n) is 3.17. The zero-order chi connectivity index (χ0) is 9.97. The van der Waals surface area contributed by atoms with Crippen molar-refractivity contribution in [2.75, 3.05) is 0 Å². The van der Waals surface area contributed by atoms with Crippen LogP contribution >= 0.6 is 0 Å². The first-order chi connectivity index (χ1) is 6.83. The quantitative estimate of drug-likeness (QED) is 0.481. The Morgan fingerprint density at radius 3 is 3.07 bits per heavy atom. The summed E-state index contributed by atoms with van der Waals surface area (Å²) in [5, 5.41) is 9.56. The van der Waals surface area contributed by atoms with Crippen LogP contribution in [0.1, 0.15) is 25.0 Å². The van der Waals surface area contributed by atoms with E-state index >= 15 is 0 Å². The molecular formula is C11H11BO2. The van der Waals surface area contributed by atoms with E-state index in [4.69, 9.17) is 4.65 Å². The van der Waals surface area contributed by atoms with Gasteiger partial charge in [-0.25, -0.2) is 0 Å². The maximum absolute atomic E-state index is 9.56. The number of fused-ring (bicyclic) bond motifs is 1. The van der Waals surface area contributed by atoms with E-state index in [1.807, 2.05) is 31.2 Å². The predicted octanol–water partition coefficient (Wildman–Crippen LogP) is 0.859. The molecule has 0 saturated heterocycles. The predicted molar refractivity (Wildman–Crippen MR) is 55.9 cm³/mol. The summed E-state index contributed by atoms with van der Waals surface area (Å²) in [5.41, 5.74) is 1.82. The summed E-state index contributed by atoms with van der Waals surface area (Å²) in [6, 6.07) is 7.64. The maximum Gasteiger partial charge on any atom is 0.492 e. The molecule has 1 atom stereocenters. The van der Waals surface area contributed by atoms with E-state index in [0.717, 1.165) is 17.4 Å². The Morgan fingerprint density at radius 1 is 1.50 bits per heavy atom. The summed E-state index contributed by atoms with van der Waals surface area (Å²) in [6.45, 7) is 1.99. The average Bonchev–Trinajstić information content (AvgIpc) is 2.54. The van der Waals surface area contributed by atoms with E-state index in [0.29, 0.717) is 0 Å². The molecule has 1 aliphatic heterocycles. The minimum Gasteiger partial charge on any atom is -0.423 e. The zero-order valence-corrected chi connectivity index (χ0v) is 8.03. The first-order valence-electron chi connectivity index (χ1n) is 4.73. The van der Waals surface area contributed by atoms with Gasteiger partial charge in [0.1, 0.15) is 6.10 Å². The molecule has 1 aliphatic rings. The fourth-order valence-corrected chi connectivity index (χ4v) is 1.56. The van der Waals surface area contributed by atoms with E-state index in [2.05, 4.69) is 11.8 Å². The largest absolute Gasteiger partial charge is 0.492 e. The van der Waals surface area contributed by atoms with Crippen molar-refractivity contribution in [3.05, 3.63) is 29.8 Å². The molecule has 1 heterocycles. The topological polar surface area (TPSA) is 29.5 Å². The highest BCUT2D eigenvalue weighted by molar-refractivity contribution is 6.61. The molecule has 0 radical (unpaired) electrons. The lowest BCUT2D eigenvalue weighted by Gasteiger charge is -2.02. The number of rotatable bonds is 0. The fraction of sp³-hybridized carbons (Fsp3) is 0.273. The molecule has 2 nitrogen and oxygen atoms in total. The Bertz CT molecular complexity index is 392. The van der Waals surface area contributed by atoms with E-state index < -0.39 is 7.12 Å². The summed E-state index contributed by atoms with van der Waals surface area (Å²) >= 11 is 0. The molecule has 3 heteroatoms. The molecule has 1 aromatic carbocycles. The molecule has 1 aromatic rings. The van der Waals surface area contributed by atoms with Crippen molar-refractivity contribution in [3.63, 3.8) is 0 Å². The summed E-state index contributed by atoms with van der Waals surface area (Å²) in [6.07, 6.45) is 0.541. The fourth-order valence-electron chi connectivity index (χ4n) is 1.56. The molecule has 0 aromatic heterocycles. The SMILES string of the molecule is CCC#CC1OB(O)c2ccccc21. The van der Waals surface area contributed by atoms with Gasteiger partial charge in [0, 0.05) is 6.42 Å². The van der Waals surface area contributed by atoms with Gasteiger partial charge in [-0.1, -0.05) is 37.1 Å². The minimum absolute atomic E-state index is 0.263. The van der Waals surface area contributed by atoms with Gasteiger partial charge >= 0.3 is 7.12 Å². The van der Waals surface area contributed by atoms with Crippen LogP contribution in [0.5, 0.6) is 0 Å². The lowest BCUT2D eigenvalue weighted by molar-refractivity contribution is 0.241. The summed E-state index contributed by atoms with van der Waals surface area (Å²) < 4.78 is 5.32. The van der Waals surface area contributed by atoms with E-state index in [9.17, 15) is 5.02 Å². The lowest BCUT2D eigenvalue weighted by atomic mass is 9.79. The van der Waals surface area contributed by atoms with Gasteiger partial charge in [0.2, 0.25) is 0 Å². The number of hydrogen-bond acceptors (Lipinski definition) is 2. The third-order valence-corrected chi connectivity index (χ3v) is 2.22. The van der Waals surface area contributed by atoms with Crippen LogP contribution in [0, 0.1) is 11.8 Å². The Balaban J connectivity index is 2.34. The molecular weight excluding hydrogens is 175 g/mol. The van der Waals surface area contributed by atoms with Crippen molar-refractivity contribution in [1.29, 1.82) is 0 Å². The van der Waals surface area contributed by atoms with Crippen LogP contribution in [-0.2, 0) is 4.65 Å². The molecule has 14 heavy (non-hydrogen) atoms. The molecule has 1 N–H and O–H groups in total. The molecule has 0 bridgehead atoms. The van der Waals surface area contributed by atoms with E-state index in [1.165, 1.54) is 0 Å². The van der Waals surface area contributed by atoms with Gasteiger partial charge in [-0.05, 0) is 11.0 Å². The van der Waals surface area contributed by atoms with Gasteiger partial charge in [-0.3, -0.25) is 0 Å². The van der Waals surface area contributed by atoms with Crippen LogP contribution in [0.25, 0.3) is 0 Å². The lowest BCUT2D eigenvalue weighted by Crippen LogP contribution is -2.27. The second-order valence-corrected chi connectivity index (χ2v) is 3.17.